The van der Waals surface area contributed by atoms with Crippen molar-refractivity contribution in [3.8, 4) is 5.75 Å². The zero-order chi connectivity index (χ0) is 17.4. The van der Waals surface area contributed by atoms with E-state index in [1.165, 1.54) is 17.5 Å². The molecule has 4 heteroatoms. The van der Waals surface area contributed by atoms with Crippen LogP contribution in [0, 0.1) is 12.8 Å². The van der Waals surface area contributed by atoms with Crippen LogP contribution in [0.3, 0.4) is 0 Å². The van der Waals surface area contributed by atoms with Crippen LogP contribution >= 0.6 is 12.4 Å². The van der Waals surface area contributed by atoms with E-state index in [9.17, 15) is 4.79 Å². The van der Waals surface area contributed by atoms with Gasteiger partial charge in [-0.2, -0.15) is 0 Å². The van der Waals surface area contributed by atoms with Crippen LogP contribution in [0.4, 0.5) is 0 Å². The molecule has 4 atom stereocenters. The van der Waals surface area contributed by atoms with Crippen molar-refractivity contribution in [3.05, 3.63) is 65.7 Å². The highest BCUT2D eigenvalue weighted by Crippen LogP contribution is 2.46. The molecular weight excluding hydrogens is 346 g/mol. The minimum absolute atomic E-state index is 0. The Morgan fingerprint density at radius 1 is 1.04 bits per heavy atom. The highest BCUT2D eigenvalue weighted by molar-refractivity contribution is 5.85. The lowest BCUT2D eigenvalue weighted by Crippen LogP contribution is -2.49. The molecular formula is C22H26ClNO2. The van der Waals surface area contributed by atoms with Gasteiger partial charge in [0.05, 0.1) is 5.92 Å². The van der Waals surface area contributed by atoms with Gasteiger partial charge in [-0.3, -0.25) is 9.69 Å². The Bertz CT molecular complexity index is 746. The maximum atomic E-state index is 13.1. The minimum atomic E-state index is -0.105. The van der Waals surface area contributed by atoms with E-state index >= 15 is 0 Å². The van der Waals surface area contributed by atoms with Gasteiger partial charge in [-0.25, -0.2) is 0 Å². The fraction of sp³-hybridized carbons (Fsp3) is 0.409. The predicted molar refractivity (Wildman–Crippen MR) is 106 cm³/mol. The van der Waals surface area contributed by atoms with Gasteiger partial charge in [-0.1, -0.05) is 48.0 Å². The van der Waals surface area contributed by atoms with E-state index in [-0.39, 0.29) is 36.3 Å². The van der Waals surface area contributed by atoms with Gasteiger partial charge in [-0.05, 0) is 50.9 Å². The van der Waals surface area contributed by atoms with Crippen molar-refractivity contribution in [1.82, 2.24) is 4.90 Å². The van der Waals surface area contributed by atoms with Crippen LogP contribution in [0.15, 0.2) is 54.6 Å². The van der Waals surface area contributed by atoms with E-state index in [0.717, 1.165) is 12.8 Å². The van der Waals surface area contributed by atoms with E-state index in [4.69, 9.17) is 4.74 Å². The van der Waals surface area contributed by atoms with Crippen LogP contribution in [0.5, 0.6) is 5.75 Å². The number of fused-ring (bicyclic) bond motifs is 2. The zero-order valence-corrected chi connectivity index (χ0v) is 16.1. The summed E-state index contributed by atoms with van der Waals surface area (Å²) in [6.45, 7) is 2.10. The Hall–Kier alpha value is -1.84. The van der Waals surface area contributed by atoms with E-state index in [1.807, 2.05) is 30.3 Å². The lowest BCUT2D eigenvalue weighted by Gasteiger charge is -2.41. The summed E-state index contributed by atoms with van der Waals surface area (Å²) in [7, 11) is 2.16. The third-order valence-corrected chi connectivity index (χ3v) is 6.01. The number of aryl methyl sites for hydroxylation is 1. The first-order chi connectivity index (χ1) is 12.1. The second-order valence-electron chi connectivity index (χ2n) is 7.48. The van der Waals surface area contributed by atoms with Crippen molar-refractivity contribution in [2.75, 3.05) is 7.05 Å². The standard InChI is InChI=1S/C22H25NO2.ClH/c1-15-8-10-16(11-9-15)19-14-17-12-13-20(23(17)2)21(19)22(24)25-18-6-4-3-5-7-18;/h3-11,17,19-21H,12-14H2,1-2H3;1H. The summed E-state index contributed by atoms with van der Waals surface area (Å²) in [6, 6.07) is 19.0. The molecule has 2 saturated heterocycles. The molecule has 0 aromatic heterocycles. The van der Waals surface area contributed by atoms with E-state index in [2.05, 4.69) is 43.1 Å². The molecule has 4 rings (SSSR count). The fourth-order valence-corrected chi connectivity index (χ4v) is 4.62. The molecule has 0 amide bonds. The van der Waals surface area contributed by atoms with Gasteiger partial charge in [0.25, 0.3) is 0 Å². The van der Waals surface area contributed by atoms with Gasteiger partial charge in [0.1, 0.15) is 5.75 Å². The highest BCUT2D eigenvalue weighted by atomic mass is 35.5. The molecule has 2 heterocycles. The maximum Gasteiger partial charge on any atom is 0.316 e. The third-order valence-electron chi connectivity index (χ3n) is 6.01. The van der Waals surface area contributed by atoms with Crippen molar-refractivity contribution >= 4 is 18.4 Å². The van der Waals surface area contributed by atoms with Gasteiger partial charge in [0.2, 0.25) is 0 Å². The zero-order valence-electron chi connectivity index (χ0n) is 15.3. The van der Waals surface area contributed by atoms with Gasteiger partial charge in [-0.15, -0.1) is 12.4 Å². The number of esters is 1. The Balaban J connectivity index is 0.00000196. The van der Waals surface area contributed by atoms with Crippen molar-refractivity contribution < 1.29 is 9.53 Å². The summed E-state index contributed by atoms with van der Waals surface area (Å²) in [6.07, 6.45) is 3.29. The van der Waals surface area contributed by atoms with Crippen molar-refractivity contribution in [1.29, 1.82) is 0 Å². The summed E-state index contributed by atoms with van der Waals surface area (Å²) in [4.78, 5) is 15.5. The second-order valence-corrected chi connectivity index (χ2v) is 7.48. The van der Waals surface area contributed by atoms with Crippen LogP contribution in [0.2, 0.25) is 0 Å². The lowest BCUT2D eigenvalue weighted by molar-refractivity contribution is -0.143. The monoisotopic (exact) mass is 371 g/mol. The Morgan fingerprint density at radius 2 is 1.73 bits per heavy atom. The number of carbonyl (C=O) groups excluding carboxylic acids is 1. The number of halogens is 1. The first-order valence-corrected chi connectivity index (χ1v) is 9.19. The van der Waals surface area contributed by atoms with Gasteiger partial charge in [0, 0.05) is 18.0 Å². The molecule has 0 radical (unpaired) electrons. The van der Waals surface area contributed by atoms with Crippen LogP contribution in [-0.4, -0.2) is 30.0 Å². The van der Waals surface area contributed by atoms with Crippen LogP contribution in [-0.2, 0) is 4.79 Å². The third kappa shape index (κ3) is 3.51. The van der Waals surface area contributed by atoms with Crippen molar-refractivity contribution in [3.63, 3.8) is 0 Å². The molecule has 138 valence electrons. The Kier molecular flexibility index (Phi) is 5.69. The molecule has 0 spiro atoms. The quantitative estimate of drug-likeness (QED) is 0.583. The van der Waals surface area contributed by atoms with Crippen LogP contribution < -0.4 is 4.74 Å². The molecule has 3 nitrogen and oxygen atoms in total. The normalized spacial score (nSPS) is 27.6. The molecule has 2 aliphatic rings. The van der Waals surface area contributed by atoms with E-state index in [0.29, 0.717) is 11.8 Å². The van der Waals surface area contributed by atoms with E-state index < -0.39 is 0 Å². The number of nitrogens with zero attached hydrogens (tertiary/aromatic N) is 1. The summed E-state index contributed by atoms with van der Waals surface area (Å²) < 4.78 is 5.76. The molecule has 4 unspecified atom stereocenters. The van der Waals surface area contributed by atoms with Crippen molar-refractivity contribution in [2.24, 2.45) is 5.92 Å². The van der Waals surface area contributed by atoms with Crippen LogP contribution in [0.1, 0.15) is 36.3 Å². The predicted octanol–water partition coefficient (Wildman–Crippen LogP) is 4.59. The first kappa shape index (κ1) is 18.9. The molecule has 0 saturated carbocycles. The second kappa shape index (κ2) is 7.81. The summed E-state index contributed by atoms with van der Waals surface area (Å²) >= 11 is 0. The number of hydrogen-bond acceptors (Lipinski definition) is 3. The number of hydrogen-bond donors (Lipinski definition) is 0. The molecule has 2 fully saturated rings. The number of ether oxygens (including phenoxy) is 1. The summed E-state index contributed by atoms with van der Waals surface area (Å²) in [5, 5.41) is 0. The molecule has 0 N–H and O–H groups in total. The first-order valence-electron chi connectivity index (χ1n) is 9.19. The number of piperidine rings is 1. The Labute approximate surface area is 161 Å². The molecule has 0 aliphatic carbocycles. The maximum absolute atomic E-state index is 13.1. The summed E-state index contributed by atoms with van der Waals surface area (Å²) in [5.74, 6) is 0.684. The SMILES string of the molecule is Cc1ccc(C2CC3CCC(C2C(=O)Oc2ccccc2)N3C)cc1.Cl. The molecule has 2 bridgehead atoms. The molecule has 26 heavy (non-hydrogen) atoms. The minimum Gasteiger partial charge on any atom is -0.426 e. The average Bonchev–Trinajstić information content (AvgIpc) is 2.86. The lowest BCUT2D eigenvalue weighted by atomic mass is 9.76. The average molecular weight is 372 g/mol. The van der Waals surface area contributed by atoms with Gasteiger partial charge < -0.3 is 4.74 Å². The van der Waals surface area contributed by atoms with Gasteiger partial charge >= 0.3 is 5.97 Å². The number of rotatable bonds is 3. The highest BCUT2D eigenvalue weighted by Gasteiger charge is 2.49. The fourth-order valence-electron chi connectivity index (χ4n) is 4.62. The summed E-state index contributed by atoms with van der Waals surface area (Å²) in [5.41, 5.74) is 2.52. The number of benzene rings is 2. The van der Waals surface area contributed by atoms with Gasteiger partial charge in [0.15, 0.2) is 0 Å². The van der Waals surface area contributed by atoms with Crippen molar-refractivity contribution in [2.45, 2.75) is 44.2 Å². The largest absolute Gasteiger partial charge is 0.426 e. The molecule has 2 aromatic rings. The topological polar surface area (TPSA) is 29.5 Å². The van der Waals surface area contributed by atoms with E-state index in [1.54, 1.807) is 0 Å². The number of para-hydroxylation sites is 1. The Morgan fingerprint density at radius 3 is 2.42 bits per heavy atom. The smallest absolute Gasteiger partial charge is 0.316 e. The number of carbonyl (C=O) groups is 1. The van der Waals surface area contributed by atoms with Crippen LogP contribution in [0.25, 0.3) is 0 Å². The molecule has 2 aliphatic heterocycles. The molecule has 2 aromatic carbocycles.